The van der Waals surface area contributed by atoms with Crippen LogP contribution in [0.15, 0.2) is 46.0 Å². The summed E-state index contributed by atoms with van der Waals surface area (Å²) in [6.07, 6.45) is 0.644. The minimum absolute atomic E-state index is 0.00187. The molecule has 0 spiro atoms. The minimum atomic E-state index is -0.862. The summed E-state index contributed by atoms with van der Waals surface area (Å²) >= 11 is 6.26. The molecule has 2 aromatic carbocycles. The molecule has 1 atom stereocenters. The Balaban J connectivity index is 2.07. The molecule has 10 heteroatoms. The summed E-state index contributed by atoms with van der Waals surface area (Å²) in [6, 6.07) is 8.17. The van der Waals surface area contributed by atoms with E-state index in [1.807, 2.05) is 13.8 Å². The summed E-state index contributed by atoms with van der Waals surface area (Å²) in [7, 11) is 0. The Bertz CT molecular complexity index is 1500. The summed E-state index contributed by atoms with van der Waals surface area (Å²) in [5.74, 6) is -1.61. The number of pyridine rings is 1. The summed E-state index contributed by atoms with van der Waals surface area (Å²) in [6.45, 7) is 5.28. The Morgan fingerprint density at radius 1 is 1.12 bits per heavy atom. The van der Waals surface area contributed by atoms with Crippen molar-refractivity contribution < 1.29 is 13.9 Å². The fourth-order valence-electron chi connectivity index (χ4n) is 4.04. The monoisotopic (exact) mass is 488 g/mol. The second-order valence-corrected chi connectivity index (χ2v) is 8.40. The van der Waals surface area contributed by atoms with Crippen LogP contribution in [0.3, 0.4) is 0 Å². The Hall–Kier alpha value is -3.30. The van der Waals surface area contributed by atoms with E-state index in [0.717, 1.165) is 10.7 Å². The highest BCUT2D eigenvalue weighted by Gasteiger charge is 2.22. The van der Waals surface area contributed by atoms with Crippen LogP contribution < -0.4 is 11.2 Å². The number of fused-ring (bicyclic) bond motifs is 1. The van der Waals surface area contributed by atoms with Gasteiger partial charge in [0.15, 0.2) is 5.82 Å². The number of aromatic nitrogens is 4. The van der Waals surface area contributed by atoms with E-state index < -0.39 is 29.5 Å². The zero-order valence-corrected chi connectivity index (χ0v) is 19.6. The van der Waals surface area contributed by atoms with Gasteiger partial charge in [0.1, 0.15) is 29.6 Å². The molecule has 2 heterocycles. The maximum absolute atomic E-state index is 15.2. The SMILES string of the molecule is CCC(C)c1cc2cc(-n3nc(CO)n(CC)c3=O)c(F)cc2c(=O)n1-c1c(F)cccc1Cl. The van der Waals surface area contributed by atoms with E-state index in [1.165, 1.54) is 33.4 Å². The lowest BCUT2D eigenvalue weighted by molar-refractivity contribution is 0.264. The molecule has 0 aliphatic carbocycles. The number of aliphatic hydroxyl groups excluding tert-OH is 1. The predicted molar refractivity (Wildman–Crippen MR) is 126 cm³/mol. The van der Waals surface area contributed by atoms with Crippen molar-refractivity contribution in [2.24, 2.45) is 0 Å². The van der Waals surface area contributed by atoms with Crippen molar-refractivity contribution in [3.8, 4) is 11.4 Å². The number of nitrogens with zero attached hydrogens (tertiary/aromatic N) is 4. The quantitative estimate of drug-likeness (QED) is 0.439. The molecule has 0 fully saturated rings. The smallest absolute Gasteiger partial charge is 0.350 e. The van der Waals surface area contributed by atoms with E-state index in [9.17, 15) is 19.1 Å². The first-order valence-corrected chi connectivity index (χ1v) is 11.2. The van der Waals surface area contributed by atoms with Gasteiger partial charge in [0.05, 0.1) is 10.4 Å². The molecule has 2 aromatic heterocycles. The van der Waals surface area contributed by atoms with Crippen LogP contribution in [0.1, 0.15) is 44.6 Å². The van der Waals surface area contributed by atoms with Gasteiger partial charge in [0, 0.05) is 12.2 Å². The Morgan fingerprint density at radius 3 is 2.44 bits per heavy atom. The molecular weight excluding hydrogens is 466 g/mol. The van der Waals surface area contributed by atoms with Gasteiger partial charge in [0.2, 0.25) is 0 Å². The third-order valence-electron chi connectivity index (χ3n) is 6.02. The first-order chi connectivity index (χ1) is 16.2. The molecule has 0 radical (unpaired) electrons. The van der Waals surface area contributed by atoms with E-state index in [1.54, 1.807) is 13.0 Å². The number of hydrogen-bond donors (Lipinski definition) is 1. The molecule has 7 nitrogen and oxygen atoms in total. The number of benzene rings is 2. The van der Waals surface area contributed by atoms with Crippen LogP contribution in [-0.2, 0) is 13.2 Å². The summed E-state index contributed by atoms with van der Waals surface area (Å²) in [5.41, 5.74) is -1.00. The van der Waals surface area contributed by atoms with Crippen LogP contribution in [0.25, 0.3) is 22.1 Å². The van der Waals surface area contributed by atoms with Crippen LogP contribution in [-0.4, -0.2) is 24.0 Å². The second kappa shape index (κ2) is 9.15. The topological polar surface area (TPSA) is 82.1 Å². The third kappa shape index (κ3) is 3.74. The van der Waals surface area contributed by atoms with Gasteiger partial charge < -0.3 is 5.11 Å². The van der Waals surface area contributed by atoms with Crippen LogP contribution in [0.2, 0.25) is 5.02 Å². The lowest BCUT2D eigenvalue weighted by Gasteiger charge is -2.20. The molecule has 0 bridgehead atoms. The average Bonchev–Trinajstić information content (AvgIpc) is 3.14. The van der Waals surface area contributed by atoms with E-state index in [4.69, 9.17) is 11.6 Å². The fraction of sp³-hybridized carbons (Fsp3) is 0.292. The highest BCUT2D eigenvalue weighted by molar-refractivity contribution is 6.32. The Morgan fingerprint density at radius 2 is 1.85 bits per heavy atom. The largest absolute Gasteiger partial charge is 0.388 e. The molecular formula is C24H23ClF2N4O3. The lowest BCUT2D eigenvalue weighted by Crippen LogP contribution is -2.26. The van der Waals surface area contributed by atoms with Gasteiger partial charge in [0.25, 0.3) is 5.56 Å². The average molecular weight is 489 g/mol. The molecule has 0 aliphatic heterocycles. The number of aliphatic hydroxyl groups is 1. The number of rotatable bonds is 6. The van der Waals surface area contributed by atoms with Crippen LogP contribution in [0, 0.1) is 11.6 Å². The van der Waals surface area contributed by atoms with Crippen molar-refractivity contribution in [1.29, 1.82) is 0 Å². The van der Waals surface area contributed by atoms with Gasteiger partial charge >= 0.3 is 5.69 Å². The Kier molecular flexibility index (Phi) is 6.42. The summed E-state index contributed by atoms with van der Waals surface area (Å²) in [4.78, 5) is 26.3. The van der Waals surface area contributed by atoms with Gasteiger partial charge in [-0.2, -0.15) is 4.68 Å². The standard InChI is InChI=1S/C24H23ClF2N4O3/c1-4-13(3)19-9-14-10-20(31-24(34)29(5-2)21(12-32)28-31)18(27)11-15(14)23(33)30(19)22-16(25)7-6-8-17(22)26/h6-11,13,32H,4-5,12H2,1-3H3. The van der Waals surface area contributed by atoms with Gasteiger partial charge in [-0.3, -0.25) is 13.9 Å². The maximum atomic E-state index is 15.2. The summed E-state index contributed by atoms with van der Waals surface area (Å²) in [5, 5.41) is 14.0. The first-order valence-electron chi connectivity index (χ1n) is 10.9. The zero-order valence-electron chi connectivity index (χ0n) is 18.8. The molecule has 0 saturated carbocycles. The zero-order chi connectivity index (χ0) is 24.7. The molecule has 34 heavy (non-hydrogen) atoms. The number of halogens is 3. The van der Waals surface area contributed by atoms with Crippen LogP contribution in [0.5, 0.6) is 0 Å². The molecule has 4 aromatic rings. The van der Waals surface area contributed by atoms with Gasteiger partial charge in [-0.1, -0.05) is 31.5 Å². The van der Waals surface area contributed by atoms with Crippen molar-refractivity contribution >= 4 is 22.4 Å². The molecule has 178 valence electrons. The molecule has 4 rings (SSSR count). The van der Waals surface area contributed by atoms with Gasteiger partial charge in [-0.15, -0.1) is 5.10 Å². The van der Waals surface area contributed by atoms with E-state index >= 15 is 4.39 Å². The third-order valence-corrected chi connectivity index (χ3v) is 6.32. The van der Waals surface area contributed by atoms with Crippen molar-refractivity contribution in [3.05, 3.63) is 85.4 Å². The number of hydrogen-bond acceptors (Lipinski definition) is 4. The Labute approximate surface area is 198 Å². The highest BCUT2D eigenvalue weighted by Crippen LogP contribution is 2.30. The van der Waals surface area contributed by atoms with Crippen LogP contribution in [0.4, 0.5) is 8.78 Å². The van der Waals surface area contributed by atoms with Crippen molar-refractivity contribution in [1.82, 2.24) is 18.9 Å². The molecule has 0 amide bonds. The van der Waals surface area contributed by atoms with Gasteiger partial charge in [-0.25, -0.2) is 13.6 Å². The minimum Gasteiger partial charge on any atom is -0.388 e. The molecule has 0 saturated heterocycles. The first kappa shape index (κ1) is 23.8. The summed E-state index contributed by atoms with van der Waals surface area (Å²) < 4.78 is 33.3. The van der Waals surface area contributed by atoms with Gasteiger partial charge in [-0.05, 0) is 55.0 Å². The van der Waals surface area contributed by atoms with E-state index in [-0.39, 0.29) is 40.1 Å². The normalized spacial score (nSPS) is 12.4. The van der Waals surface area contributed by atoms with E-state index in [2.05, 4.69) is 5.10 Å². The number of para-hydroxylation sites is 1. The molecule has 1 unspecified atom stereocenters. The van der Waals surface area contributed by atoms with Crippen molar-refractivity contribution in [2.45, 2.75) is 46.3 Å². The maximum Gasteiger partial charge on any atom is 0.350 e. The predicted octanol–water partition coefficient (Wildman–Crippen LogP) is 4.30. The van der Waals surface area contributed by atoms with E-state index in [0.29, 0.717) is 17.5 Å². The molecule has 1 N–H and O–H groups in total. The lowest BCUT2D eigenvalue weighted by atomic mass is 10.00. The van der Waals surface area contributed by atoms with Crippen molar-refractivity contribution in [3.63, 3.8) is 0 Å². The van der Waals surface area contributed by atoms with Crippen LogP contribution >= 0.6 is 11.6 Å². The van der Waals surface area contributed by atoms with Crippen molar-refractivity contribution in [2.75, 3.05) is 0 Å². The highest BCUT2D eigenvalue weighted by atomic mass is 35.5. The fourth-order valence-corrected chi connectivity index (χ4v) is 4.29. The molecule has 0 aliphatic rings. The second-order valence-electron chi connectivity index (χ2n) is 7.99.